The summed E-state index contributed by atoms with van der Waals surface area (Å²) in [4.78, 5) is 23.8. The number of amides is 2. The van der Waals surface area contributed by atoms with Crippen molar-refractivity contribution < 1.29 is 24.6 Å². The fourth-order valence-corrected chi connectivity index (χ4v) is 3.78. The molecule has 2 atom stereocenters. The van der Waals surface area contributed by atoms with Gasteiger partial charge < -0.3 is 9.84 Å². The van der Waals surface area contributed by atoms with Crippen LogP contribution in [-0.2, 0) is 9.53 Å². The van der Waals surface area contributed by atoms with Gasteiger partial charge in [0.1, 0.15) is 11.9 Å². The number of rotatable bonds is 6. The smallest absolute Gasteiger partial charge is 0.412 e. The average molecular weight is 539 g/mol. The first-order chi connectivity index (χ1) is 14.2. The number of nitrogens with one attached hydrogen (secondary N) is 2. The van der Waals surface area contributed by atoms with E-state index in [4.69, 9.17) is 15.2 Å². The molecule has 2 amide bonds. The largest absolute Gasteiger partial charge is 0.506 e. The molecule has 30 heavy (non-hydrogen) atoms. The number of carbonyl (C=O) groups excluding carboxylic acids is 2. The molecule has 0 saturated carbocycles. The molecule has 2 aromatic rings. The van der Waals surface area contributed by atoms with Gasteiger partial charge in [-0.25, -0.2) is 10.3 Å². The van der Waals surface area contributed by atoms with Crippen LogP contribution in [0.25, 0.3) is 0 Å². The predicted molar refractivity (Wildman–Crippen MR) is 116 cm³/mol. The van der Waals surface area contributed by atoms with Gasteiger partial charge in [0.15, 0.2) is 0 Å². The minimum atomic E-state index is -0.972. The lowest BCUT2D eigenvalue weighted by Crippen LogP contribution is -2.22. The molecule has 0 aliphatic heterocycles. The van der Waals surface area contributed by atoms with E-state index < -0.39 is 24.0 Å². The van der Waals surface area contributed by atoms with Crippen molar-refractivity contribution in [3.63, 3.8) is 0 Å². The van der Waals surface area contributed by atoms with E-state index in [1.165, 1.54) is 11.6 Å². The number of aromatic hydroxyl groups is 1. The highest BCUT2D eigenvalue weighted by atomic mass is 79.9. The zero-order chi connectivity index (χ0) is 22.3. The van der Waals surface area contributed by atoms with Gasteiger partial charge in [-0.05, 0) is 52.3 Å². The summed E-state index contributed by atoms with van der Waals surface area (Å²) in [5.41, 5.74) is 2.64. The van der Waals surface area contributed by atoms with Crippen LogP contribution in [0.5, 0.6) is 5.75 Å². The molecule has 0 radical (unpaired) electrons. The van der Waals surface area contributed by atoms with Crippen LogP contribution in [0.2, 0.25) is 0 Å². The molecule has 2 aromatic carbocycles. The maximum atomic E-state index is 12.5. The second-order valence-corrected chi connectivity index (χ2v) is 7.93. The van der Waals surface area contributed by atoms with E-state index in [1.54, 1.807) is 43.3 Å². The highest BCUT2D eigenvalue weighted by Gasteiger charge is 2.27. The third-order valence-corrected chi connectivity index (χ3v) is 5.06. The molecule has 0 aromatic heterocycles. The Kier molecular flexibility index (Phi) is 8.41. The lowest BCUT2D eigenvalue weighted by molar-refractivity contribution is -0.124. The third-order valence-electron chi connectivity index (χ3n) is 4.00. The monoisotopic (exact) mass is 537 g/mol. The Morgan fingerprint density at radius 2 is 1.90 bits per heavy atom. The van der Waals surface area contributed by atoms with E-state index in [1.807, 2.05) is 6.07 Å². The van der Waals surface area contributed by atoms with Gasteiger partial charge in [0, 0.05) is 27.7 Å². The summed E-state index contributed by atoms with van der Waals surface area (Å²) in [6, 6.07) is 11.4. The van der Waals surface area contributed by atoms with Crippen LogP contribution < -0.4 is 10.8 Å². The molecule has 10 heteroatoms. The van der Waals surface area contributed by atoms with Gasteiger partial charge in [-0.2, -0.15) is 5.26 Å². The van der Waals surface area contributed by atoms with Crippen LogP contribution in [0.1, 0.15) is 24.2 Å². The Morgan fingerprint density at radius 3 is 2.50 bits per heavy atom. The quantitative estimate of drug-likeness (QED) is 0.238. The zero-order valence-corrected chi connectivity index (χ0v) is 18.8. The highest BCUT2D eigenvalue weighted by molar-refractivity contribution is 9.11. The summed E-state index contributed by atoms with van der Waals surface area (Å²) in [6.07, 6.45) is 0.746. The number of phenolic OH excluding ortho intramolecular Hbond substituents is 1. The first kappa shape index (κ1) is 23.4. The SMILES string of the molecule is C[C@H](/C=C/C(=O)NO)[C@H](OC(=O)Nc1ccc(C#N)cc1)c1cc(Br)cc(Br)c1O. The minimum Gasteiger partial charge on any atom is -0.506 e. The molecule has 0 aliphatic rings. The molecule has 0 unspecified atom stereocenters. The van der Waals surface area contributed by atoms with Gasteiger partial charge in [-0.3, -0.25) is 15.3 Å². The number of benzene rings is 2. The summed E-state index contributed by atoms with van der Waals surface area (Å²) in [6.45, 7) is 1.68. The Bertz CT molecular complexity index is 1000. The van der Waals surface area contributed by atoms with E-state index >= 15 is 0 Å². The van der Waals surface area contributed by atoms with E-state index in [9.17, 15) is 14.7 Å². The standard InChI is InChI=1S/C20H17Br2N3O5/c1-11(2-7-17(26)25-29)19(15-8-13(21)9-16(22)18(15)27)30-20(28)24-14-5-3-12(10-23)4-6-14/h2-9,11,19,27,29H,1H3,(H,24,28)(H,25,26)/b7-2+/t11-,19+/m1/s1. The van der Waals surface area contributed by atoms with Crippen molar-refractivity contribution in [1.29, 1.82) is 5.26 Å². The Balaban J connectivity index is 2.30. The summed E-state index contributed by atoms with van der Waals surface area (Å²) < 4.78 is 6.57. The summed E-state index contributed by atoms with van der Waals surface area (Å²) in [7, 11) is 0. The number of anilines is 1. The van der Waals surface area contributed by atoms with Crippen molar-refractivity contribution in [3.8, 4) is 11.8 Å². The van der Waals surface area contributed by atoms with Crippen molar-refractivity contribution in [1.82, 2.24) is 5.48 Å². The molecule has 0 spiro atoms. The third kappa shape index (κ3) is 6.32. The Labute approximate surface area is 189 Å². The predicted octanol–water partition coefficient (Wildman–Crippen LogP) is 4.78. The normalized spacial score (nSPS) is 12.6. The van der Waals surface area contributed by atoms with E-state index in [0.29, 0.717) is 25.8 Å². The lowest BCUT2D eigenvalue weighted by Gasteiger charge is -2.24. The maximum Gasteiger partial charge on any atom is 0.412 e. The number of hydrogen-bond acceptors (Lipinski definition) is 6. The Hall–Kier alpha value is -2.87. The molecule has 156 valence electrons. The van der Waals surface area contributed by atoms with Crippen molar-refractivity contribution in [2.24, 2.45) is 5.92 Å². The van der Waals surface area contributed by atoms with Gasteiger partial charge in [0.05, 0.1) is 16.1 Å². The van der Waals surface area contributed by atoms with Crippen LogP contribution in [-0.4, -0.2) is 22.3 Å². The molecule has 2 rings (SSSR count). The Morgan fingerprint density at radius 1 is 1.23 bits per heavy atom. The molecule has 8 nitrogen and oxygen atoms in total. The summed E-state index contributed by atoms with van der Waals surface area (Å²) >= 11 is 6.58. The van der Waals surface area contributed by atoms with Crippen molar-refractivity contribution in [2.45, 2.75) is 13.0 Å². The number of nitrogens with zero attached hydrogens (tertiary/aromatic N) is 1. The second kappa shape index (κ2) is 10.8. The number of carbonyl (C=O) groups is 2. The number of nitriles is 1. The van der Waals surface area contributed by atoms with Crippen molar-refractivity contribution in [3.05, 3.63) is 68.6 Å². The van der Waals surface area contributed by atoms with Gasteiger partial charge in [0.2, 0.25) is 0 Å². The number of hydrogen-bond donors (Lipinski definition) is 4. The lowest BCUT2D eigenvalue weighted by atomic mass is 9.96. The van der Waals surface area contributed by atoms with Gasteiger partial charge >= 0.3 is 6.09 Å². The maximum absolute atomic E-state index is 12.5. The molecular weight excluding hydrogens is 522 g/mol. The van der Waals surface area contributed by atoms with Crippen molar-refractivity contribution >= 4 is 49.5 Å². The zero-order valence-electron chi connectivity index (χ0n) is 15.6. The second-order valence-electron chi connectivity index (χ2n) is 6.16. The number of phenols is 1. The fourth-order valence-electron chi connectivity index (χ4n) is 2.52. The highest BCUT2D eigenvalue weighted by Crippen LogP contribution is 2.40. The molecule has 0 aliphatic carbocycles. The fraction of sp³-hybridized carbons (Fsp3) is 0.150. The average Bonchev–Trinajstić information content (AvgIpc) is 2.73. The van der Waals surface area contributed by atoms with E-state index in [2.05, 4.69) is 37.2 Å². The topological polar surface area (TPSA) is 132 Å². The number of halogens is 2. The van der Waals surface area contributed by atoms with E-state index in [-0.39, 0.29) is 5.75 Å². The number of hydroxylamine groups is 1. The molecule has 4 N–H and O–H groups in total. The summed E-state index contributed by atoms with van der Waals surface area (Å²) in [5, 5.41) is 30.5. The van der Waals surface area contributed by atoms with Gasteiger partial charge in [0.25, 0.3) is 5.91 Å². The first-order valence-corrected chi connectivity index (χ1v) is 10.1. The van der Waals surface area contributed by atoms with Crippen LogP contribution in [0.15, 0.2) is 57.5 Å². The number of ether oxygens (including phenoxy) is 1. The van der Waals surface area contributed by atoms with Crippen LogP contribution in [0.4, 0.5) is 10.5 Å². The van der Waals surface area contributed by atoms with Gasteiger partial charge in [-0.15, -0.1) is 0 Å². The molecule has 0 bridgehead atoms. The molecule has 0 heterocycles. The van der Waals surface area contributed by atoms with Crippen LogP contribution in [0, 0.1) is 17.2 Å². The van der Waals surface area contributed by atoms with Crippen LogP contribution >= 0.6 is 31.9 Å². The van der Waals surface area contributed by atoms with Gasteiger partial charge in [-0.1, -0.05) is 28.9 Å². The molecule has 0 saturated heterocycles. The first-order valence-electron chi connectivity index (χ1n) is 8.53. The van der Waals surface area contributed by atoms with Crippen molar-refractivity contribution in [2.75, 3.05) is 5.32 Å². The molecular formula is C20H17Br2N3O5. The molecule has 0 fully saturated rings. The summed E-state index contributed by atoms with van der Waals surface area (Å²) in [5.74, 6) is -1.43. The van der Waals surface area contributed by atoms with Crippen LogP contribution in [0.3, 0.4) is 0 Å². The van der Waals surface area contributed by atoms with E-state index in [0.717, 1.165) is 6.08 Å². The minimum absolute atomic E-state index is 0.124.